The number of nitro benzene ring substituents is 1. The van der Waals surface area contributed by atoms with Crippen molar-refractivity contribution >= 4 is 34.8 Å². The van der Waals surface area contributed by atoms with Gasteiger partial charge in [-0.2, -0.15) is 0 Å². The molecule has 3 rings (SSSR count). The third-order valence-corrected chi connectivity index (χ3v) is 3.82. The van der Waals surface area contributed by atoms with Crippen LogP contribution in [0, 0.1) is 10.1 Å². The van der Waals surface area contributed by atoms with Crippen molar-refractivity contribution < 1.29 is 14.5 Å². The zero-order valence-corrected chi connectivity index (χ0v) is 11.5. The van der Waals surface area contributed by atoms with Crippen LogP contribution < -0.4 is 0 Å². The summed E-state index contributed by atoms with van der Waals surface area (Å²) in [7, 11) is 0. The van der Waals surface area contributed by atoms with Crippen LogP contribution in [0.15, 0.2) is 53.4 Å². The maximum absolute atomic E-state index is 11.9. The fourth-order valence-corrected chi connectivity index (χ4v) is 2.65. The van der Waals surface area contributed by atoms with E-state index in [-0.39, 0.29) is 5.69 Å². The molecule has 0 amide bonds. The molecule has 0 saturated carbocycles. The summed E-state index contributed by atoms with van der Waals surface area (Å²) in [6, 6.07) is 9.96. The molecule has 2 aromatic rings. The molecule has 1 aliphatic rings. The maximum Gasteiger partial charge on any atom is 0.343 e. The van der Waals surface area contributed by atoms with Crippen molar-refractivity contribution in [1.82, 2.24) is 0 Å². The Balaban J connectivity index is 2.01. The van der Waals surface area contributed by atoms with Gasteiger partial charge in [-0.05, 0) is 29.7 Å². The molecule has 0 unspecified atom stereocenters. The van der Waals surface area contributed by atoms with Gasteiger partial charge in [-0.25, -0.2) is 4.79 Å². The first-order valence-electron chi connectivity index (χ1n) is 6.08. The quantitative estimate of drug-likeness (QED) is 0.375. The third kappa shape index (κ3) is 2.61. The second kappa shape index (κ2) is 5.34. The average molecular weight is 299 g/mol. The van der Waals surface area contributed by atoms with E-state index in [0.29, 0.717) is 16.9 Å². The summed E-state index contributed by atoms with van der Waals surface area (Å²) in [5, 5.41) is 12.9. The number of nitrogens with zero attached hydrogens (tertiary/aromatic N) is 1. The number of thiophene rings is 1. The molecule has 0 N–H and O–H groups in total. The van der Waals surface area contributed by atoms with Crippen LogP contribution in [0.4, 0.5) is 5.69 Å². The fourth-order valence-electron chi connectivity index (χ4n) is 1.97. The monoisotopic (exact) mass is 299 g/mol. The molecule has 2 heterocycles. The predicted octanol–water partition coefficient (Wildman–Crippen LogP) is 3.64. The number of ether oxygens (including phenoxy) is 1. The van der Waals surface area contributed by atoms with E-state index in [1.165, 1.54) is 23.5 Å². The average Bonchev–Trinajstić information content (AvgIpc) is 3.10. The molecule has 5 nitrogen and oxygen atoms in total. The predicted molar refractivity (Wildman–Crippen MR) is 79.5 cm³/mol. The Kier molecular flexibility index (Phi) is 3.37. The van der Waals surface area contributed by atoms with Gasteiger partial charge in [0.1, 0.15) is 5.76 Å². The smallest absolute Gasteiger partial charge is 0.343 e. The summed E-state index contributed by atoms with van der Waals surface area (Å²) in [6.45, 7) is 0. The lowest BCUT2D eigenvalue weighted by Crippen LogP contribution is -1.97. The van der Waals surface area contributed by atoms with E-state index in [1.807, 2.05) is 17.5 Å². The molecule has 1 aromatic heterocycles. The van der Waals surface area contributed by atoms with Gasteiger partial charge in [0.2, 0.25) is 0 Å². The highest BCUT2D eigenvalue weighted by molar-refractivity contribution is 7.11. The highest BCUT2D eigenvalue weighted by atomic mass is 32.1. The topological polar surface area (TPSA) is 69.4 Å². The molecule has 0 radical (unpaired) electrons. The van der Waals surface area contributed by atoms with Crippen LogP contribution >= 0.6 is 11.3 Å². The fraction of sp³-hybridized carbons (Fsp3) is 0. The summed E-state index contributed by atoms with van der Waals surface area (Å²) in [5.74, 6) is -0.0311. The van der Waals surface area contributed by atoms with E-state index in [4.69, 9.17) is 4.74 Å². The largest absolute Gasteiger partial charge is 0.421 e. The first-order valence-corrected chi connectivity index (χ1v) is 6.96. The van der Waals surface area contributed by atoms with Crippen LogP contribution in [-0.4, -0.2) is 10.9 Å². The van der Waals surface area contributed by atoms with Crippen LogP contribution in [0.25, 0.3) is 11.8 Å². The van der Waals surface area contributed by atoms with Crippen LogP contribution in [0.1, 0.15) is 10.4 Å². The molecule has 0 saturated heterocycles. The normalized spacial score (nSPS) is 15.9. The van der Waals surface area contributed by atoms with Crippen LogP contribution in [-0.2, 0) is 9.53 Å². The Hall–Kier alpha value is -2.73. The zero-order valence-electron chi connectivity index (χ0n) is 10.7. The van der Waals surface area contributed by atoms with Gasteiger partial charge in [0.25, 0.3) is 5.69 Å². The van der Waals surface area contributed by atoms with Crippen molar-refractivity contribution in [1.29, 1.82) is 0 Å². The van der Waals surface area contributed by atoms with E-state index >= 15 is 0 Å². The first kappa shape index (κ1) is 13.3. The number of nitro groups is 1. The molecule has 21 heavy (non-hydrogen) atoms. The van der Waals surface area contributed by atoms with E-state index in [1.54, 1.807) is 24.3 Å². The SMILES string of the molecule is O=C1OC(c2cccs2)=C/C1=C\c1ccccc1[N+](=O)[O-]. The Bertz CT molecular complexity index is 775. The summed E-state index contributed by atoms with van der Waals surface area (Å²) in [6.07, 6.45) is 3.08. The summed E-state index contributed by atoms with van der Waals surface area (Å²) >= 11 is 1.46. The molecular weight excluding hydrogens is 290 g/mol. The Morgan fingerprint density at radius 3 is 2.71 bits per heavy atom. The Morgan fingerprint density at radius 1 is 1.19 bits per heavy atom. The second-order valence-electron chi connectivity index (χ2n) is 4.29. The number of hydrogen-bond acceptors (Lipinski definition) is 5. The van der Waals surface area contributed by atoms with Gasteiger partial charge in [-0.15, -0.1) is 11.3 Å². The molecule has 0 atom stereocenters. The van der Waals surface area contributed by atoms with Crippen LogP contribution in [0.2, 0.25) is 0 Å². The number of carbonyl (C=O) groups excluding carboxylic acids is 1. The van der Waals surface area contributed by atoms with Crippen LogP contribution in [0.5, 0.6) is 0 Å². The molecule has 0 aliphatic carbocycles. The highest BCUT2D eigenvalue weighted by Crippen LogP contribution is 2.31. The summed E-state index contributed by atoms with van der Waals surface area (Å²) in [5.41, 5.74) is 0.626. The standard InChI is InChI=1S/C15H9NO4S/c17-15-11(9-13(20-15)14-6-3-7-21-14)8-10-4-1-2-5-12(10)16(18)19/h1-9H/b11-8+. The van der Waals surface area contributed by atoms with E-state index in [2.05, 4.69) is 0 Å². The van der Waals surface area contributed by atoms with Gasteiger partial charge in [-0.1, -0.05) is 18.2 Å². The first-order chi connectivity index (χ1) is 10.1. The zero-order chi connectivity index (χ0) is 14.8. The van der Waals surface area contributed by atoms with Gasteiger partial charge in [0.05, 0.1) is 20.9 Å². The lowest BCUT2D eigenvalue weighted by Gasteiger charge is -1.98. The number of benzene rings is 1. The van der Waals surface area contributed by atoms with Crippen molar-refractivity contribution in [3.05, 3.63) is 74.0 Å². The van der Waals surface area contributed by atoms with Gasteiger partial charge in [0, 0.05) is 6.07 Å². The second-order valence-corrected chi connectivity index (χ2v) is 5.24. The van der Waals surface area contributed by atoms with E-state index in [9.17, 15) is 14.9 Å². The van der Waals surface area contributed by atoms with Crippen molar-refractivity contribution in [2.24, 2.45) is 0 Å². The molecule has 1 aromatic carbocycles. The molecule has 0 fully saturated rings. The summed E-state index contributed by atoms with van der Waals surface area (Å²) < 4.78 is 5.19. The summed E-state index contributed by atoms with van der Waals surface area (Å²) in [4.78, 5) is 23.2. The number of para-hydroxylation sites is 1. The van der Waals surface area contributed by atoms with Crippen molar-refractivity contribution in [3.63, 3.8) is 0 Å². The minimum Gasteiger partial charge on any atom is -0.421 e. The molecule has 104 valence electrons. The van der Waals surface area contributed by atoms with Crippen molar-refractivity contribution in [3.8, 4) is 0 Å². The van der Waals surface area contributed by atoms with Gasteiger partial charge < -0.3 is 4.74 Å². The third-order valence-electron chi connectivity index (χ3n) is 2.93. The van der Waals surface area contributed by atoms with E-state index < -0.39 is 10.9 Å². The number of rotatable bonds is 3. The lowest BCUT2D eigenvalue weighted by molar-refractivity contribution is -0.385. The molecule has 6 heteroatoms. The Morgan fingerprint density at radius 2 is 2.00 bits per heavy atom. The van der Waals surface area contributed by atoms with Crippen molar-refractivity contribution in [2.75, 3.05) is 0 Å². The Labute approximate surface area is 123 Å². The number of esters is 1. The minimum absolute atomic E-state index is 0.0456. The van der Waals surface area contributed by atoms with Gasteiger partial charge in [-0.3, -0.25) is 10.1 Å². The van der Waals surface area contributed by atoms with Crippen molar-refractivity contribution in [2.45, 2.75) is 0 Å². The van der Waals surface area contributed by atoms with E-state index in [0.717, 1.165) is 4.88 Å². The number of carbonyl (C=O) groups is 1. The highest BCUT2D eigenvalue weighted by Gasteiger charge is 2.23. The van der Waals surface area contributed by atoms with Gasteiger partial charge >= 0.3 is 5.97 Å². The number of hydrogen-bond donors (Lipinski definition) is 0. The minimum atomic E-state index is -0.503. The lowest BCUT2D eigenvalue weighted by atomic mass is 10.1. The van der Waals surface area contributed by atoms with Gasteiger partial charge in [0.15, 0.2) is 0 Å². The molecule has 0 bridgehead atoms. The molecule has 1 aliphatic heterocycles. The maximum atomic E-state index is 11.9. The molecule has 0 spiro atoms. The van der Waals surface area contributed by atoms with Crippen LogP contribution in [0.3, 0.4) is 0 Å². The molecular formula is C15H9NO4S. The number of cyclic esters (lactones) is 1.